The molecule has 0 spiro atoms. The zero-order chi connectivity index (χ0) is 14.0. The molecule has 0 bridgehead atoms. The van der Waals surface area contributed by atoms with Crippen LogP contribution in [0.2, 0.25) is 10.2 Å². The van der Waals surface area contributed by atoms with E-state index in [0.29, 0.717) is 10.7 Å². The number of amides is 1. The number of aryl methyl sites for hydroxylation is 1. The van der Waals surface area contributed by atoms with Gasteiger partial charge in [0.25, 0.3) is 5.91 Å². The number of nitrogens with one attached hydrogen (secondary N) is 1. The van der Waals surface area contributed by atoms with Crippen LogP contribution in [0.3, 0.4) is 0 Å². The van der Waals surface area contributed by atoms with Crippen LogP contribution in [-0.4, -0.2) is 10.9 Å². The van der Waals surface area contributed by atoms with Crippen LogP contribution >= 0.6 is 23.2 Å². The van der Waals surface area contributed by atoms with Crippen LogP contribution in [0.4, 0.5) is 11.4 Å². The number of carbonyl (C=O) groups excluding carboxylic acids is 1. The molecule has 2 rings (SSSR count). The van der Waals surface area contributed by atoms with Crippen LogP contribution < -0.4 is 11.1 Å². The molecule has 0 saturated carbocycles. The van der Waals surface area contributed by atoms with Gasteiger partial charge >= 0.3 is 0 Å². The third-order valence-electron chi connectivity index (χ3n) is 2.59. The number of carbonyl (C=O) groups is 1. The van der Waals surface area contributed by atoms with Gasteiger partial charge in [0.2, 0.25) is 0 Å². The number of hydrogen-bond acceptors (Lipinski definition) is 3. The van der Waals surface area contributed by atoms with Crippen molar-refractivity contribution in [3.8, 4) is 0 Å². The first-order valence-corrected chi connectivity index (χ1v) is 6.21. The maximum Gasteiger partial charge on any atom is 0.257 e. The Labute approximate surface area is 120 Å². The summed E-state index contributed by atoms with van der Waals surface area (Å²) in [5.74, 6) is -0.354. The molecule has 1 aromatic carbocycles. The summed E-state index contributed by atoms with van der Waals surface area (Å²) in [6.07, 6.45) is 1.35. The highest BCUT2D eigenvalue weighted by molar-refractivity contribution is 6.31. The lowest BCUT2D eigenvalue weighted by molar-refractivity contribution is 0.102. The molecule has 0 aliphatic rings. The average molecular weight is 296 g/mol. The number of benzene rings is 1. The van der Waals surface area contributed by atoms with Crippen LogP contribution in [0.25, 0.3) is 0 Å². The number of nitrogen functional groups attached to an aromatic ring is 1. The van der Waals surface area contributed by atoms with Gasteiger partial charge in [-0.15, -0.1) is 0 Å². The first-order chi connectivity index (χ1) is 8.97. The van der Waals surface area contributed by atoms with Crippen molar-refractivity contribution in [1.82, 2.24) is 4.98 Å². The standard InChI is InChI=1S/C13H11Cl2N3O/c1-7-2-3-8(14)4-11(7)18-13(19)9-5-12(15)17-6-10(9)16/h2-6H,16H2,1H3,(H,18,19). The number of anilines is 2. The Morgan fingerprint density at radius 3 is 2.79 bits per heavy atom. The van der Waals surface area contributed by atoms with Gasteiger partial charge in [0.15, 0.2) is 0 Å². The fourth-order valence-corrected chi connectivity index (χ4v) is 1.89. The van der Waals surface area contributed by atoms with E-state index in [2.05, 4.69) is 10.3 Å². The molecule has 0 radical (unpaired) electrons. The number of aromatic nitrogens is 1. The molecule has 6 heteroatoms. The molecule has 0 aliphatic heterocycles. The second kappa shape index (κ2) is 5.47. The Morgan fingerprint density at radius 1 is 1.32 bits per heavy atom. The molecule has 1 heterocycles. The molecule has 0 aliphatic carbocycles. The molecule has 0 saturated heterocycles. The molecule has 0 fully saturated rings. The smallest absolute Gasteiger partial charge is 0.257 e. The zero-order valence-corrected chi connectivity index (χ0v) is 11.6. The number of hydrogen-bond donors (Lipinski definition) is 2. The van der Waals surface area contributed by atoms with Crippen molar-refractivity contribution < 1.29 is 4.79 Å². The highest BCUT2D eigenvalue weighted by atomic mass is 35.5. The maximum atomic E-state index is 12.1. The van der Waals surface area contributed by atoms with Crippen molar-refractivity contribution in [2.45, 2.75) is 6.92 Å². The SMILES string of the molecule is Cc1ccc(Cl)cc1NC(=O)c1cc(Cl)ncc1N. The van der Waals surface area contributed by atoms with Gasteiger partial charge in [0, 0.05) is 10.7 Å². The molecular formula is C13H11Cl2N3O. The van der Waals surface area contributed by atoms with Crippen LogP contribution in [0.1, 0.15) is 15.9 Å². The Bertz CT molecular complexity index is 644. The molecular weight excluding hydrogens is 285 g/mol. The maximum absolute atomic E-state index is 12.1. The Kier molecular flexibility index (Phi) is 3.93. The zero-order valence-electron chi connectivity index (χ0n) is 10.1. The summed E-state index contributed by atoms with van der Waals surface area (Å²) in [6, 6.07) is 6.67. The second-order valence-electron chi connectivity index (χ2n) is 4.01. The summed E-state index contributed by atoms with van der Waals surface area (Å²) in [6.45, 7) is 1.87. The monoisotopic (exact) mass is 295 g/mol. The van der Waals surface area contributed by atoms with Crippen molar-refractivity contribution in [3.63, 3.8) is 0 Å². The van der Waals surface area contributed by atoms with Crippen molar-refractivity contribution in [3.05, 3.63) is 51.8 Å². The van der Waals surface area contributed by atoms with Gasteiger partial charge in [0.05, 0.1) is 17.4 Å². The van der Waals surface area contributed by atoms with Crippen molar-refractivity contribution >= 4 is 40.5 Å². The highest BCUT2D eigenvalue weighted by Crippen LogP contribution is 2.22. The summed E-state index contributed by atoms with van der Waals surface area (Å²) in [4.78, 5) is 15.9. The van der Waals surface area contributed by atoms with Crippen molar-refractivity contribution in [2.24, 2.45) is 0 Å². The van der Waals surface area contributed by atoms with Gasteiger partial charge in [0.1, 0.15) is 5.15 Å². The molecule has 1 amide bonds. The van der Waals surface area contributed by atoms with E-state index in [-0.39, 0.29) is 22.3 Å². The van der Waals surface area contributed by atoms with Gasteiger partial charge in [-0.2, -0.15) is 0 Å². The number of pyridine rings is 1. The fourth-order valence-electron chi connectivity index (χ4n) is 1.56. The quantitative estimate of drug-likeness (QED) is 0.833. The van der Waals surface area contributed by atoms with Crippen LogP contribution in [-0.2, 0) is 0 Å². The molecule has 1 aromatic heterocycles. The summed E-state index contributed by atoms with van der Waals surface area (Å²) in [5.41, 5.74) is 7.78. The summed E-state index contributed by atoms with van der Waals surface area (Å²) >= 11 is 11.6. The average Bonchev–Trinajstić information content (AvgIpc) is 2.36. The minimum Gasteiger partial charge on any atom is -0.397 e. The molecule has 0 atom stereocenters. The lowest BCUT2D eigenvalue weighted by atomic mass is 10.1. The van der Waals surface area contributed by atoms with E-state index < -0.39 is 0 Å². The van der Waals surface area contributed by atoms with Gasteiger partial charge in [-0.25, -0.2) is 4.98 Å². The van der Waals surface area contributed by atoms with Crippen molar-refractivity contribution in [2.75, 3.05) is 11.1 Å². The van der Waals surface area contributed by atoms with Crippen LogP contribution in [0, 0.1) is 6.92 Å². The Balaban J connectivity index is 2.30. The van der Waals surface area contributed by atoms with E-state index in [4.69, 9.17) is 28.9 Å². The molecule has 0 unspecified atom stereocenters. The first kappa shape index (κ1) is 13.6. The lowest BCUT2D eigenvalue weighted by Crippen LogP contribution is -2.15. The molecule has 19 heavy (non-hydrogen) atoms. The van der Waals surface area contributed by atoms with E-state index in [9.17, 15) is 4.79 Å². The van der Waals surface area contributed by atoms with Crippen LogP contribution in [0.15, 0.2) is 30.5 Å². The molecule has 3 N–H and O–H groups in total. The van der Waals surface area contributed by atoms with E-state index in [1.807, 2.05) is 13.0 Å². The topological polar surface area (TPSA) is 68.0 Å². The predicted molar refractivity (Wildman–Crippen MR) is 77.8 cm³/mol. The van der Waals surface area contributed by atoms with E-state index in [1.165, 1.54) is 12.3 Å². The number of rotatable bonds is 2. The number of nitrogens with two attached hydrogens (primary N) is 1. The minimum atomic E-state index is -0.354. The Morgan fingerprint density at radius 2 is 2.05 bits per heavy atom. The fraction of sp³-hybridized carbons (Fsp3) is 0.0769. The molecule has 98 valence electrons. The number of halogens is 2. The van der Waals surface area contributed by atoms with Gasteiger partial charge < -0.3 is 11.1 Å². The molecule has 2 aromatic rings. The van der Waals surface area contributed by atoms with Gasteiger partial charge in [-0.1, -0.05) is 29.3 Å². The summed E-state index contributed by atoms with van der Waals surface area (Å²) in [5, 5.41) is 3.50. The van der Waals surface area contributed by atoms with E-state index in [0.717, 1.165) is 5.56 Å². The van der Waals surface area contributed by atoms with E-state index in [1.54, 1.807) is 12.1 Å². The van der Waals surface area contributed by atoms with Gasteiger partial charge in [-0.3, -0.25) is 4.79 Å². The van der Waals surface area contributed by atoms with E-state index >= 15 is 0 Å². The lowest BCUT2D eigenvalue weighted by Gasteiger charge is -2.10. The van der Waals surface area contributed by atoms with Crippen LogP contribution in [0.5, 0.6) is 0 Å². The predicted octanol–water partition coefficient (Wildman–Crippen LogP) is 3.53. The first-order valence-electron chi connectivity index (χ1n) is 5.46. The summed E-state index contributed by atoms with van der Waals surface area (Å²) < 4.78 is 0. The molecule has 4 nitrogen and oxygen atoms in total. The van der Waals surface area contributed by atoms with Gasteiger partial charge in [-0.05, 0) is 30.7 Å². The minimum absolute atomic E-state index is 0.210. The third kappa shape index (κ3) is 3.16. The largest absolute Gasteiger partial charge is 0.397 e. The highest BCUT2D eigenvalue weighted by Gasteiger charge is 2.12. The van der Waals surface area contributed by atoms with Crippen molar-refractivity contribution in [1.29, 1.82) is 0 Å². The number of nitrogens with zero attached hydrogens (tertiary/aromatic N) is 1. The Hall–Kier alpha value is -1.78. The third-order valence-corrected chi connectivity index (χ3v) is 3.04. The second-order valence-corrected chi connectivity index (χ2v) is 4.83. The summed E-state index contributed by atoms with van der Waals surface area (Å²) in [7, 11) is 0. The normalized spacial score (nSPS) is 10.3.